The molecule has 0 bridgehead atoms. The molecule has 1 aliphatic heterocycles. The molecule has 8 heteroatoms. The number of carbonyl (C=O) groups is 1. The number of nitrogens with one attached hydrogen (secondary N) is 1. The number of fused-ring (bicyclic) bond motifs is 1. The minimum atomic E-state index is -0.00565. The molecule has 0 atom stereocenters. The zero-order valence-corrected chi connectivity index (χ0v) is 18.1. The fourth-order valence-electron chi connectivity index (χ4n) is 4.09. The van der Waals surface area contributed by atoms with E-state index in [1.807, 2.05) is 55.6 Å². The van der Waals surface area contributed by atoms with Gasteiger partial charge in [0.1, 0.15) is 11.9 Å². The van der Waals surface area contributed by atoms with E-state index in [0.717, 1.165) is 22.5 Å². The van der Waals surface area contributed by atoms with E-state index in [4.69, 9.17) is 0 Å². The van der Waals surface area contributed by atoms with Crippen LogP contribution in [-0.4, -0.2) is 32.2 Å². The van der Waals surface area contributed by atoms with Gasteiger partial charge in [-0.2, -0.15) is 10.4 Å². The molecule has 162 valence electrons. The highest BCUT2D eigenvalue weighted by Gasteiger charge is 2.28. The Morgan fingerprint density at radius 3 is 2.76 bits per heavy atom. The van der Waals surface area contributed by atoms with E-state index in [1.165, 1.54) is 0 Å². The maximum Gasteiger partial charge on any atom is 0.231 e. The number of aromatic nitrogens is 4. The number of nitriles is 1. The van der Waals surface area contributed by atoms with Crippen LogP contribution in [0.5, 0.6) is 0 Å². The maximum absolute atomic E-state index is 13.0. The van der Waals surface area contributed by atoms with E-state index < -0.39 is 0 Å². The zero-order chi connectivity index (χ0) is 22.8. The van der Waals surface area contributed by atoms with Crippen molar-refractivity contribution in [3.63, 3.8) is 0 Å². The van der Waals surface area contributed by atoms with Crippen LogP contribution >= 0.6 is 0 Å². The van der Waals surface area contributed by atoms with Crippen molar-refractivity contribution in [2.45, 2.75) is 12.8 Å². The largest absolute Gasteiger partial charge is 0.310 e. The lowest BCUT2D eigenvalue weighted by Crippen LogP contribution is -2.30. The number of nitrogens with zero attached hydrogens (tertiary/aromatic N) is 6. The highest BCUT2D eigenvalue weighted by molar-refractivity contribution is 5.98. The van der Waals surface area contributed by atoms with Crippen molar-refractivity contribution in [1.82, 2.24) is 19.7 Å². The van der Waals surface area contributed by atoms with Crippen LogP contribution in [0.15, 0.2) is 67.0 Å². The van der Waals surface area contributed by atoms with E-state index in [2.05, 4.69) is 26.5 Å². The third kappa shape index (κ3) is 4.04. The smallest absolute Gasteiger partial charge is 0.231 e. The zero-order valence-electron chi connectivity index (χ0n) is 18.1. The quantitative estimate of drug-likeness (QED) is 0.514. The number of hydrogen-bond donors (Lipinski definition) is 1. The van der Waals surface area contributed by atoms with Crippen LogP contribution in [0.1, 0.15) is 16.7 Å². The number of anilines is 3. The fourth-order valence-corrected chi connectivity index (χ4v) is 4.09. The van der Waals surface area contributed by atoms with Gasteiger partial charge in [-0.25, -0.2) is 9.97 Å². The van der Waals surface area contributed by atoms with E-state index in [1.54, 1.807) is 28.0 Å². The molecule has 0 spiro atoms. The lowest BCUT2D eigenvalue weighted by atomic mass is 10.0. The Hall–Kier alpha value is -4.51. The van der Waals surface area contributed by atoms with Gasteiger partial charge in [-0.3, -0.25) is 9.48 Å². The average molecular weight is 435 g/mol. The minimum Gasteiger partial charge on any atom is -0.310 e. The van der Waals surface area contributed by atoms with E-state index in [-0.39, 0.29) is 5.91 Å². The summed E-state index contributed by atoms with van der Waals surface area (Å²) in [6, 6.07) is 19.4. The average Bonchev–Trinajstić information content (AvgIpc) is 3.45. The van der Waals surface area contributed by atoms with Crippen LogP contribution in [0.2, 0.25) is 0 Å². The normalized spacial score (nSPS) is 12.3. The van der Waals surface area contributed by atoms with Crippen LogP contribution in [0.3, 0.4) is 0 Å². The second kappa shape index (κ2) is 8.55. The summed E-state index contributed by atoms with van der Waals surface area (Å²) in [5.74, 6) is 1.20. The Balaban J connectivity index is 1.44. The SMILES string of the molecule is Cn1nccc1Nc1nccc(-c2cc(C#N)c3c(c2)CCN3C(=O)Cc2ccccc2)n1. The third-order valence-electron chi connectivity index (χ3n) is 5.70. The van der Waals surface area contributed by atoms with Gasteiger partial charge < -0.3 is 10.2 Å². The van der Waals surface area contributed by atoms with Crippen molar-refractivity contribution in [3.8, 4) is 17.3 Å². The topological polar surface area (TPSA) is 99.7 Å². The van der Waals surface area contributed by atoms with Gasteiger partial charge in [-0.15, -0.1) is 0 Å². The molecule has 1 N–H and O–H groups in total. The predicted octanol–water partition coefficient (Wildman–Crippen LogP) is 3.62. The van der Waals surface area contributed by atoms with E-state index in [9.17, 15) is 10.1 Å². The van der Waals surface area contributed by atoms with Crippen LogP contribution in [0, 0.1) is 11.3 Å². The number of benzene rings is 2. The van der Waals surface area contributed by atoms with Crippen molar-refractivity contribution in [3.05, 3.63) is 83.7 Å². The molecule has 0 unspecified atom stereocenters. The summed E-state index contributed by atoms with van der Waals surface area (Å²) in [5, 5.41) is 17.2. The molecular formula is C25H21N7O. The van der Waals surface area contributed by atoms with Crippen molar-refractivity contribution in [2.75, 3.05) is 16.8 Å². The standard InChI is InChI=1S/C25H21N7O/c1-31-22(8-11-28-31)30-25-27-10-7-21(29-25)19-14-18-9-12-32(24(18)20(15-19)16-26)23(33)13-17-5-3-2-4-6-17/h2-8,10-11,14-15H,9,12-13H2,1H3,(H,27,29,30). The van der Waals surface area contributed by atoms with Gasteiger partial charge in [0.15, 0.2) is 0 Å². The summed E-state index contributed by atoms with van der Waals surface area (Å²) >= 11 is 0. The molecule has 0 radical (unpaired) electrons. The van der Waals surface area contributed by atoms with Crippen LogP contribution in [0.4, 0.5) is 17.5 Å². The molecule has 33 heavy (non-hydrogen) atoms. The van der Waals surface area contributed by atoms with E-state index >= 15 is 0 Å². The second-order valence-corrected chi connectivity index (χ2v) is 7.83. The van der Waals surface area contributed by atoms with Crippen LogP contribution in [0.25, 0.3) is 11.3 Å². The van der Waals surface area contributed by atoms with Crippen LogP contribution in [-0.2, 0) is 24.7 Å². The monoisotopic (exact) mass is 435 g/mol. The molecule has 2 aromatic heterocycles. The van der Waals surface area contributed by atoms with Crippen molar-refractivity contribution in [2.24, 2.45) is 7.05 Å². The maximum atomic E-state index is 13.0. The molecule has 1 aliphatic rings. The van der Waals surface area contributed by atoms with Gasteiger partial charge >= 0.3 is 0 Å². The molecule has 0 saturated heterocycles. The molecule has 2 aromatic carbocycles. The van der Waals surface area contributed by atoms with Gasteiger partial charge in [0, 0.05) is 31.4 Å². The molecule has 4 aromatic rings. The Labute approximate surface area is 191 Å². The van der Waals surface area contributed by atoms with Crippen molar-refractivity contribution >= 4 is 23.4 Å². The highest BCUT2D eigenvalue weighted by Crippen LogP contribution is 2.36. The lowest BCUT2D eigenvalue weighted by molar-refractivity contribution is -0.117. The van der Waals surface area contributed by atoms with Crippen LogP contribution < -0.4 is 10.2 Å². The number of carbonyl (C=O) groups excluding carboxylic acids is 1. The Kier molecular flexibility index (Phi) is 5.29. The fraction of sp³-hybridized carbons (Fsp3) is 0.160. The van der Waals surface area contributed by atoms with Gasteiger partial charge in [-0.1, -0.05) is 30.3 Å². The number of aryl methyl sites for hydroxylation is 1. The summed E-state index contributed by atoms with van der Waals surface area (Å²) in [5.41, 5.74) is 4.64. The minimum absolute atomic E-state index is 0.00565. The molecule has 5 rings (SSSR count). The van der Waals surface area contributed by atoms with Gasteiger partial charge in [0.05, 0.1) is 29.6 Å². The summed E-state index contributed by atoms with van der Waals surface area (Å²) in [7, 11) is 1.83. The summed E-state index contributed by atoms with van der Waals surface area (Å²) in [4.78, 5) is 23.6. The molecular weight excluding hydrogens is 414 g/mol. The van der Waals surface area contributed by atoms with Crippen molar-refractivity contribution in [1.29, 1.82) is 5.26 Å². The first-order valence-corrected chi connectivity index (χ1v) is 10.6. The highest BCUT2D eigenvalue weighted by atomic mass is 16.2. The number of amides is 1. The van der Waals surface area contributed by atoms with E-state index in [0.29, 0.717) is 42.3 Å². The summed E-state index contributed by atoms with van der Waals surface area (Å²) < 4.78 is 1.69. The first kappa shape index (κ1) is 20.4. The van der Waals surface area contributed by atoms with Gasteiger partial charge in [0.25, 0.3) is 0 Å². The first-order chi connectivity index (χ1) is 16.1. The molecule has 0 aliphatic carbocycles. The molecule has 3 heterocycles. The molecule has 0 fully saturated rings. The van der Waals surface area contributed by atoms with Gasteiger partial charge in [0.2, 0.25) is 11.9 Å². The summed E-state index contributed by atoms with van der Waals surface area (Å²) in [6.07, 6.45) is 4.37. The molecule has 1 amide bonds. The number of rotatable bonds is 5. The number of hydrogen-bond acceptors (Lipinski definition) is 6. The third-order valence-corrected chi connectivity index (χ3v) is 5.70. The molecule has 8 nitrogen and oxygen atoms in total. The molecule has 0 saturated carbocycles. The Morgan fingerprint density at radius 2 is 2.00 bits per heavy atom. The Bertz CT molecular complexity index is 1370. The predicted molar refractivity (Wildman–Crippen MR) is 125 cm³/mol. The first-order valence-electron chi connectivity index (χ1n) is 10.6. The lowest BCUT2D eigenvalue weighted by Gasteiger charge is -2.19. The Morgan fingerprint density at radius 1 is 1.15 bits per heavy atom. The van der Waals surface area contributed by atoms with Crippen molar-refractivity contribution < 1.29 is 4.79 Å². The summed E-state index contributed by atoms with van der Waals surface area (Å²) in [6.45, 7) is 0.566. The van der Waals surface area contributed by atoms with Gasteiger partial charge in [-0.05, 0) is 35.7 Å². The second-order valence-electron chi connectivity index (χ2n) is 7.83.